The highest BCUT2D eigenvalue weighted by Gasteiger charge is 2.11. The van der Waals surface area contributed by atoms with Crippen LogP contribution in [0.15, 0.2) is 46.3 Å². The van der Waals surface area contributed by atoms with Gasteiger partial charge in [0.15, 0.2) is 0 Å². The number of nitrogens with zero attached hydrogens (tertiary/aromatic N) is 1. The first-order chi connectivity index (χ1) is 9.35. The summed E-state index contributed by atoms with van der Waals surface area (Å²) in [5.41, 5.74) is 3.05. The van der Waals surface area contributed by atoms with Gasteiger partial charge in [0.1, 0.15) is 10.8 Å². The molecular weight excluding hydrogens is 252 g/mol. The van der Waals surface area contributed by atoms with Crippen LogP contribution in [0.3, 0.4) is 0 Å². The normalized spacial score (nSPS) is 13.3. The van der Waals surface area contributed by atoms with Crippen LogP contribution in [0.5, 0.6) is 0 Å². The second kappa shape index (κ2) is 5.66. The third-order valence-corrected chi connectivity index (χ3v) is 4.30. The summed E-state index contributed by atoms with van der Waals surface area (Å²) in [7, 11) is 0. The molecule has 0 radical (unpaired) electrons. The van der Waals surface area contributed by atoms with Crippen LogP contribution in [0.4, 0.5) is 5.82 Å². The van der Waals surface area contributed by atoms with E-state index >= 15 is 0 Å². The van der Waals surface area contributed by atoms with Crippen LogP contribution in [0.2, 0.25) is 0 Å². The average Bonchev–Trinajstić information content (AvgIpc) is 2.87. The third kappa shape index (κ3) is 2.92. The molecule has 0 amide bonds. The largest absolute Gasteiger partial charge is 0.370 e. The molecule has 0 bridgehead atoms. The molecular formula is C16H18N2S. The lowest BCUT2D eigenvalue weighted by atomic mass is 10.1. The Hall–Kier alpha value is -1.48. The minimum atomic E-state index is 0.903. The molecule has 1 aromatic carbocycles. The Labute approximate surface area is 118 Å². The standard InChI is InChI=1S/C16H18N2S/c1-2-17-15-7-4-8-16(18-15)19-14-10-9-12-5-3-6-13(12)11-14/h4,7-11H,2-3,5-6H2,1H3,(H,17,18). The Morgan fingerprint density at radius 3 is 2.95 bits per heavy atom. The topological polar surface area (TPSA) is 24.9 Å². The number of rotatable bonds is 4. The van der Waals surface area contributed by atoms with Crippen molar-refractivity contribution in [2.75, 3.05) is 11.9 Å². The van der Waals surface area contributed by atoms with Crippen molar-refractivity contribution < 1.29 is 0 Å². The van der Waals surface area contributed by atoms with E-state index in [1.165, 1.54) is 35.3 Å². The zero-order valence-electron chi connectivity index (χ0n) is 11.1. The maximum absolute atomic E-state index is 4.60. The van der Waals surface area contributed by atoms with Gasteiger partial charge in [-0.05, 0) is 61.6 Å². The molecule has 19 heavy (non-hydrogen) atoms. The summed E-state index contributed by atoms with van der Waals surface area (Å²) in [5, 5.41) is 4.30. The second-order valence-corrected chi connectivity index (χ2v) is 5.87. The molecule has 2 aromatic rings. The van der Waals surface area contributed by atoms with Crippen molar-refractivity contribution in [1.29, 1.82) is 0 Å². The molecule has 1 heterocycles. The summed E-state index contributed by atoms with van der Waals surface area (Å²) >= 11 is 1.74. The lowest BCUT2D eigenvalue weighted by molar-refractivity contribution is 0.911. The number of pyridine rings is 1. The number of benzene rings is 1. The van der Waals surface area contributed by atoms with Gasteiger partial charge in [0.25, 0.3) is 0 Å². The van der Waals surface area contributed by atoms with Gasteiger partial charge in [-0.25, -0.2) is 4.98 Å². The van der Waals surface area contributed by atoms with Gasteiger partial charge in [-0.15, -0.1) is 0 Å². The zero-order valence-corrected chi connectivity index (χ0v) is 12.0. The van der Waals surface area contributed by atoms with E-state index in [1.807, 2.05) is 6.07 Å². The van der Waals surface area contributed by atoms with E-state index in [4.69, 9.17) is 0 Å². The van der Waals surface area contributed by atoms with E-state index in [0.29, 0.717) is 0 Å². The Balaban J connectivity index is 1.79. The number of fused-ring (bicyclic) bond motifs is 1. The zero-order chi connectivity index (χ0) is 13.1. The first-order valence-corrected chi connectivity index (χ1v) is 7.67. The van der Waals surface area contributed by atoms with E-state index in [9.17, 15) is 0 Å². The third-order valence-electron chi connectivity index (χ3n) is 3.37. The maximum Gasteiger partial charge on any atom is 0.127 e. The van der Waals surface area contributed by atoms with Gasteiger partial charge in [-0.2, -0.15) is 0 Å². The fourth-order valence-electron chi connectivity index (χ4n) is 2.48. The number of anilines is 1. The van der Waals surface area contributed by atoms with Crippen molar-refractivity contribution in [1.82, 2.24) is 4.98 Å². The monoisotopic (exact) mass is 270 g/mol. The maximum atomic E-state index is 4.60. The molecule has 0 aliphatic heterocycles. The van der Waals surface area contributed by atoms with Gasteiger partial charge in [0.05, 0.1) is 0 Å². The van der Waals surface area contributed by atoms with E-state index in [2.05, 4.69) is 47.6 Å². The summed E-state index contributed by atoms with van der Waals surface area (Å²) in [4.78, 5) is 5.90. The molecule has 3 rings (SSSR count). The Morgan fingerprint density at radius 1 is 1.16 bits per heavy atom. The van der Waals surface area contributed by atoms with E-state index in [0.717, 1.165) is 17.4 Å². The number of aryl methyl sites for hydroxylation is 2. The minimum absolute atomic E-state index is 0.903. The second-order valence-electron chi connectivity index (χ2n) is 4.78. The van der Waals surface area contributed by atoms with Crippen molar-refractivity contribution in [2.45, 2.75) is 36.1 Å². The van der Waals surface area contributed by atoms with Crippen molar-refractivity contribution in [2.24, 2.45) is 0 Å². The van der Waals surface area contributed by atoms with E-state index < -0.39 is 0 Å². The molecule has 0 saturated carbocycles. The van der Waals surface area contributed by atoms with Gasteiger partial charge in [-0.1, -0.05) is 23.9 Å². The van der Waals surface area contributed by atoms with Gasteiger partial charge < -0.3 is 5.32 Å². The fourth-order valence-corrected chi connectivity index (χ4v) is 3.35. The van der Waals surface area contributed by atoms with Crippen molar-refractivity contribution in [3.63, 3.8) is 0 Å². The Kier molecular flexibility index (Phi) is 3.74. The summed E-state index contributed by atoms with van der Waals surface area (Å²) in [5.74, 6) is 0.952. The summed E-state index contributed by atoms with van der Waals surface area (Å²) in [6, 6.07) is 13.0. The van der Waals surface area contributed by atoms with Crippen molar-refractivity contribution in [3.05, 3.63) is 47.5 Å². The van der Waals surface area contributed by atoms with Gasteiger partial charge in [0, 0.05) is 11.4 Å². The van der Waals surface area contributed by atoms with E-state index in [-0.39, 0.29) is 0 Å². The van der Waals surface area contributed by atoms with Crippen LogP contribution in [0.1, 0.15) is 24.5 Å². The molecule has 2 nitrogen and oxygen atoms in total. The van der Waals surface area contributed by atoms with E-state index in [1.54, 1.807) is 11.8 Å². The van der Waals surface area contributed by atoms with Gasteiger partial charge >= 0.3 is 0 Å². The Morgan fingerprint density at radius 2 is 2.05 bits per heavy atom. The molecule has 0 unspecified atom stereocenters. The molecule has 0 saturated heterocycles. The molecule has 1 aromatic heterocycles. The smallest absolute Gasteiger partial charge is 0.127 e. The first kappa shape index (κ1) is 12.5. The van der Waals surface area contributed by atoms with Crippen LogP contribution in [0, 0.1) is 0 Å². The molecule has 3 heteroatoms. The molecule has 0 spiro atoms. The molecule has 98 valence electrons. The minimum Gasteiger partial charge on any atom is -0.370 e. The summed E-state index contributed by atoms with van der Waals surface area (Å²) in [6.45, 7) is 2.99. The van der Waals surface area contributed by atoms with Crippen LogP contribution in [-0.2, 0) is 12.8 Å². The number of nitrogens with one attached hydrogen (secondary N) is 1. The lowest BCUT2D eigenvalue weighted by Gasteiger charge is -2.06. The molecule has 1 aliphatic carbocycles. The lowest BCUT2D eigenvalue weighted by Crippen LogP contribution is -1.98. The summed E-state index contributed by atoms with van der Waals surface area (Å²) < 4.78 is 0. The van der Waals surface area contributed by atoms with Crippen LogP contribution >= 0.6 is 11.8 Å². The molecule has 0 fully saturated rings. The van der Waals surface area contributed by atoms with Crippen LogP contribution in [0.25, 0.3) is 0 Å². The van der Waals surface area contributed by atoms with Crippen LogP contribution in [-0.4, -0.2) is 11.5 Å². The van der Waals surface area contributed by atoms with Crippen molar-refractivity contribution >= 4 is 17.6 Å². The predicted octanol–water partition coefficient (Wildman–Crippen LogP) is 4.15. The van der Waals surface area contributed by atoms with Crippen LogP contribution < -0.4 is 5.32 Å². The number of aromatic nitrogens is 1. The highest BCUT2D eigenvalue weighted by molar-refractivity contribution is 7.99. The predicted molar refractivity (Wildman–Crippen MR) is 81.0 cm³/mol. The molecule has 0 atom stereocenters. The Bertz CT molecular complexity index is 581. The van der Waals surface area contributed by atoms with Gasteiger partial charge in [0.2, 0.25) is 0 Å². The fraction of sp³-hybridized carbons (Fsp3) is 0.312. The molecule has 1 aliphatic rings. The number of hydrogen-bond donors (Lipinski definition) is 1. The first-order valence-electron chi connectivity index (χ1n) is 6.86. The highest BCUT2D eigenvalue weighted by Crippen LogP contribution is 2.31. The van der Waals surface area contributed by atoms with Gasteiger partial charge in [-0.3, -0.25) is 0 Å². The van der Waals surface area contributed by atoms with Crippen molar-refractivity contribution in [3.8, 4) is 0 Å². The molecule has 1 N–H and O–H groups in total. The highest BCUT2D eigenvalue weighted by atomic mass is 32.2. The quantitative estimate of drug-likeness (QED) is 0.903. The number of hydrogen-bond acceptors (Lipinski definition) is 3. The SMILES string of the molecule is CCNc1cccc(Sc2ccc3c(c2)CCC3)n1. The average molecular weight is 270 g/mol. The summed E-state index contributed by atoms with van der Waals surface area (Å²) in [6.07, 6.45) is 3.78.